The van der Waals surface area contributed by atoms with Gasteiger partial charge in [0.05, 0.1) is 12.5 Å². The molecule has 1 rings (SSSR count). The minimum atomic E-state index is -0.937. The molecule has 0 aromatic heterocycles. The monoisotopic (exact) mass is 280 g/mol. The zero-order valence-corrected chi connectivity index (χ0v) is 11.7. The van der Waals surface area contributed by atoms with E-state index in [9.17, 15) is 9.59 Å². The number of amides is 2. The van der Waals surface area contributed by atoms with Gasteiger partial charge in [-0.05, 0) is 24.6 Å². The number of urea groups is 1. The fourth-order valence-corrected chi connectivity index (χ4v) is 1.43. The second kappa shape index (κ2) is 8.04. The Morgan fingerprint density at radius 1 is 1.35 bits per heavy atom. The van der Waals surface area contributed by atoms with E-state index < -0.39 is 17.9 Å². The number of benzene rings is 1. The second-order valence-corrected chi connectivity index (χ2v) is 4.54. The lowest BCUT2D eigenvalue weighted by atomic mass is 10.2. The van der Waals surface area contributed by atoms with Crippen LogP contribution in [0.25, 0.3) is 0 Å². The maximum absolute atomic E-state index is 11.4. The number of nitrogens with one attached hydrogen (secondary N) is 2. The zero-order valence-electron chi connectivity index (χ0n) is 11.7. The standard InChI is InChI=1S/C14H20N2O4/c1-10-4-3-5-12(8-10)20-7-6-15-14(19)16-9-11(2)13(17)18/h3-5,8,11H,6-7,9H2,1-2H3,(H,17,18)(H2,15,16,19). The minimum Gasteiger partial charge on any atom is -0.492 e. The van der Waals surface area contributed by atoms with Crippen LogP contribution in [-0.4, -0.2) is 36.8 Å². The van der Waals surface area contributed by atoms with Crippen molar-refractivity contribution in [3.05, 3.63) is 29.8 Å². The summed E-state index contributed by atoms with van der Waals surface area (Å²) in [6.45, 7) is 4.30. The third-order valence-corrected chi connectivity index (χ3v) is 2.64. The molecule has 1 aromatic carbocycles. The molecule has 0 aliphatic carbocycles. The number of aryl methyl sites for hydroxylation is 1. The van der Waals surface area contributed by atoms with Crippen molar-refractivity contribution in [3.8, 4) is 5.75 Å². The molecule has 0 spiro atoms. The Morgan fingerprint density at radius 2 is 2.10 bits per heavy atom. The molecule has 1 atom stereocenters. The van der Waals surface area contributed by atoms with Crippen molar-refractivity contribution in [2.24, 2.45) is 5.92 Å². The Hall–Kier alpha value is -2.24. The van der Waals surface area contributed by atoms with Gasteiger partial charge in [0, 0.05) is 6.54 Å². The molecular formula is C14H20N2O4. The van der Waals surface area contributed by atoms with Gasteiger partial charge in [-0.15, -0.1) is 0 Å². The van der Waals surface area contributed by atoms with E-state index in [0.29, 0.717) is 13.2 Å². The summed E-state index contributed by atoms with van der Waals surface area (Å²) in [6.07, 6.45) is 0. The summed E-state index contributed by atoms with van der Waals surface area (Å²) in [4.78, 5) is 21.9. The largest absolute Gasteiger partial charge is 0.492 e. The van der Waals surface area contributed by atoms with Gasteiger partial charge in [0.15, 0.2) is 0 Å². The lowest BCUT2D eigenvalue weighted by Gasteiger charge is -2.10. The van der Waals surface area contributed by atoms with Crippen LogP contribution in [-0.2, 0) is 4.79 Å². The number of aliphatic carboxylic acids is 1. The third-order valence-electron chi connectivity index (χ3n) is 2.64. The molecule has 20 heavy (non-hydrogen) atoms. The van der Waals surface area contributed by atoms with E-state index in [1.165, 1.54) is 6.92 Å². The van der Waals surface area contributed by atoms with E-state index in [0.717, 1.165) is 11.3 Å². The molecule has 0 saturated heterocycles. The fourth-order valence-electron chi connectivity index (χ4n) is 1.43. The summed E-state index contributed by atoms with van der Waals surface area (Å²) >= 11 is 0. The molecule has 1 aromatic rings. The summed E-state index contributed by atoms with van der Waals surface area (Å²) in [5.41, 5.74) is 1.11. The number of carbonyl (C=O) groups is 2. The Labute approximate surface area is 118 Å². The van der Waals surface area contributed by atoms with Crippen LogP contribution in [0.15, 0.2) is 24.3 Å². The summed E-state index contributed by atoms with van der Waals surface area (Å²) in [6, 6.07) is 7.24. The molecule has 6 heteroatoms. The van der Waals surface area contributed by atoms with E-state index in [-0.39, 0.29) is 6.54 Å². The molecule has 0 heterocycles. The van der Waals surface area contributed by atoms with Crippen LogP contribution in [0, 0.1) is 12.8 Å². The summed E-state index contributed by atoms with van der Waals surface area (Å²) in [5.74, 6) is -0.788. The normalized spacial score (nSPS) is 11.5. The average molecular weight is 280 g/mol. The molecular weight excluding hydrogens is 260 g/mol. The quantitative estimate of drug-likeness (QED) is 0.659. The van der Waals surface area contributed by atoms with E-state index in [2.05, 4.69) is 10.6 Å². The van der Waals surface area contributed by atoms with Gasteiger partial charge in [-0.3, -0.25) is 4.79 Å². The van der Waals surface area contributed by atoms with Crippen LogP contribution in [0.1, 0.15) is 12.5 Å². The molecule has 0 bridgehead atoms. The highest BCUT2D eigenvalue weighted by Gasteiger charge is 2.11. The first kappa shape index (κ1) is 15.8. The van der Waals surface area contributed by atoms with Crippen molar-refractivity contribution in [1.29, 1.82) is 0 Å². The number of hydrogen-bond donors (Lipinski definition) is 3. The van der Waals surface area contributed by atoms with Crippen molar-refractivity contribution < 1.29 is 19.4 Å². The summed E-state index contributed by atoms with van der Waals surface area (Å²) < 4.78 is 5.46. The fraction of sp³-hybridized carbons (Fsp3) is 0.429. The smallest absolute Gasteiger partial charge is 0.314 e. The summed E-state index contributed by atoms with van der Waals surface area (Å²) in [5, 5.41) is 13.7. The highest BCUT2D eigenvalue weighted by atomic mass is 16.5. The van der Waals surface area contributed by atoms with Gasteiger partial charge >= 0.3 is 12.0 Å². The molecule has 6 nitrogen and oxygen atoms in total. The maximum Gasteiger partial charge on any atom is 0.314 e. The average Bonchev–Trinajstić information content (AvgIpc) is 2.41. The molecule has 0 radical (unpaired) electrons. The van der Waals surface area contributed by atoms with Crippen LogP contribution in [0.5, 0.6) is 5.75 Å². The topological polar surface area (TPSA) is 87.7 Å². The van der Waals surface area contributed by atoms with Crippen molar-refractivity contribution in [2.45, 2.75) is 13.8 Å². The number of ether oxygens (including phenoxy) is 1. The van der Waals surface area contributed by atoms with E-state index in [4.69, 9.17) is 9.84 Å². The highest BCUT2D eigenvalue weighted by molar-refractivity contribution is 5.75. The number of carbonyl (C=O) groups excluding carboxylic acids is 1. The number of carboxylic acids is 1. The zero-order chi connectivity index (χ0) is 15.0. The number of rotatable bonds is 7. The maximum atomic E-state index is 11.4. The van der Waals surface area contributed by atoms with E-state index >= 15 is 0 Å². The predicted molar refractivity (Wildman–Crippen MR) is 74.9 cm³/mol. The first-order valence-corrected chi connectivity index (χ1v) is 6.43. The number of hydrogen-bond acceptors (Lipinski definition) is 3. The Bertz CT molecular complexity index is 462. The molecule has 1 unspecified atom stereocenters. The SMILES string of the molecule is Cc1cccc(OCCNC(=O)NCC(C)C(=O)O)c1. The van der Waals surface area contributed by atoms with Gasteiger partial charge in [0.25, 0.3) is 0 Å². The van der Waals surface area contributed by atoms with Crippen LogP contribution in [0.3, 0.4) is 0 Å². The van der Waals surface area contributed by atoms with Crippen molar-refractivity contribution in [2.75, 3.05) is 19.7 Å². The lowest BCUT2D eigenvalue weighted by molar-refractivity contribution is -0.140. The van der Waals surface area contributed by atoms with Gasteiger partial charge in [0.1, 0.15) is 12.4 Å². The Morgan fingerprint density at radius 3 is 2.75 bits per heavy atom. The van der Waals surface area contributed by atoms with Gasteiger partial charge in [-0.25, -0.2) is 4.79 Å². The van der Waals surface area contributed by atoms with Gasteiger partial charge in [-0.1, -0.05) is 19.1 Å². The molecule has 0 aliphatic rings. The Balaban J connectivity index is 2.15. The van der Waals surface area contributed by atoms with Gasteiger partial charge in [-0.2, -0.15) is 0 Å². The third kappa shape index (κ3) is 6.08. The van der Waals surface area contributed by atoms with Crippen LogP contribution in [0.4, 0.5) is 4.79 Å². The number of carboxylic acid groups (broad SMARTS) is 1. The van der Waals surface area contributed by atoms with Gasteiger partial charge in [0.2, 0.25) is 0 Å². The van der Waals surface area contributed by atoms with Crippen LogP contribution < -0.4 is 15.4 Å². The molecule has 110 valence electrons. The lowest BCUT2D eigenvalue weighted by Crippen LogP contribution is -2.40. The minimum absolute atomic E-state index is 0.0971. The molecule has 0 fully saturated rings. The second-order valence-electron chi connectivity index (χ2n) is 4.54. The summed E-state index contributed by atoms with van der Waals surface area (Å²) in [7, 11) is 0. The first-order valence-electron chi connectivity index (χ1n) is 6.43. The van der Waals surface area contributed by atoms with Crippen molar-refractivity contribution in [1.82, 2.24) is 10.6 Å². The Kier molecular flexibility index (Phi) is 6.36. The van der Waals surface area contributed by atoms with E-state index in [1.807, 2.05) is 31.2 Å². The molecule has 3 N–H and O–H groups in total. The highest BCUT2D eigenvalue weighted by Crippen LogP contribution is 2.11. The van der Waals surface area contributed by atoms with E-state index in [1.54, 1.807) is 0 Å². The van der Waals surface area contributed by atoms with Crippen LogP contribution >= 0.6 is 0 Å². The van der Waals surface area contributed by atoms with Crippen molar-refractivity contribution >= 4 is 12.0 Å². The molecule has 2 amide bonds. The first-order chi connectivity index (χ1) is 9.49. The molecule has 0 aliphatic heterocycles. The predicted octanol–water partition coefficient (Wildman–Crippen LogP) is 1.39. The van der Waals surface area contributed by atoms with Crippen LogP contribution in [0.2, 0.25) is 0 Å². The van der Waals surface area contributed by atoms with Gasteiger partial charge < -0.3 is 20.5 Å². The molecule has 0 saturated carbocycles. The van der Waals surface area contributed by atoms with Crippen molar-refractivity contribution in [3.63, 3.8) is 0 Å².